The number of ether oxygens (including phenoxy) is 2. The highest BCUT2D eigenvalue weighted by Gasteiger charge is 2.38. The Kier molecular flexibility index (Phi) is 7.16. The van der Waals surface area contributed by atoms with Gasteiger partial charge in [-0.1, -0.05) is 18.2 Å². The topological polar surface area (TPSA) is 77.8 Å². The quantitative estimate of drug-likeness (QED) is 0.333. The van der Waals surface area contributed by atoms with E-state index in [-0.39, 0.29) is 23.7 Å². The predicted molar refractivity (Wildman–Crippen MR) is 143 cm³/mol. The molecule has 0 N–H and O–H groups in total. The number of para-hydroxylation sites is 1. The van der Waals surface area contributed by atoms with Crippen LogP contribution in [0.25, 0.3) is 11.8 Å². The lowest BCUT2D eigenvalue weighted by Crippen LogP contribution is -2.24. The molecule has 0 unspecified atom stereocenters. The molecule has 7 heteroatoms. The summed E-state index contributed by atoms with van der Waals surface area (Å²) in [6, 6.07) is 16.6. The van der Waals surface area contributed by atoms with Gasteiger partial charge < -0.3 is 14.0 Å². The minimum absolute atomic E-state index is 0.211. The third kappa shape index (κ3) is 4.60. The molecule has 1 amide bonds. The molecule has 0 aliphatic carbocycles. The highest BCUT2D eigenvalue weighted by molar-refractivity contribution is 6.24. The lowest BCUT2D eigenvalue weighted by atomic mass is 10.0. The van der Waals surface area contributed by atoms with Gasteiger partial charge in [0.25, 0.3) is 5.91 Å². The summed E-state index contributed by atoms with van der Waals surface area (Å²) in [6.07, 6.45) is 1.75. The van der Waals surface area contributed by atoms with Crippen LogP contribution in [0, 0.1) is 20.8 Å². The van der Waals surface area contributed by atoms with Gasteiger partial charge >= 0.3 is 11.9 Å². The zero-order valence-corrected chi connectivity index (χ0v) is 21.9. The molecule has 0 saturated heterocycles. The molecule has 4 rings (SSSR count). The molecule has 2 aromatic carbocycles. The first-order valence-corrected chi connectivity index (χ1v) is 12.1. The maximum absolute atomic E-state index is 13.7. The fourth-order valence-corrected chi connectivity index (χ4v) is 4.73. The van der Waals surface area contributed by atoms with Gasteiger partial charge in [0.15, 0.2) is 0 Å². The second-order valence-corrected chi connectivity index (χ2v) is 8.87. The monoisotopic (exact) mass is 498 g/mol. The maximum atomic E-state index is 13.7. The van der Waals surface area contributed by atoms with Crippen molar-refractivity contribution < 1.29 is 23.9 Å². The molecule has 2 heterocycles. The van der Waals surface area contributed by atoms with E-state index in [1.54, 1.807) is 44.2 Å². The smallest absolute Gasteiger partial charge is 0.340 e. The zero-order valence-electron chi connectivity index (χ0n) is 21.9. The number of allylic oxidation sites excluding steroid dienone is 1. The number of carbonyl (C=O) groups is 3. The fourth-order valence-electron chi connectivity index (χ4n) is 4.73. The van der Waals surface area contributed by atoms with Crippen LogP contribution in [-0.4, -0.2) is 36.1 Å². The standard InChI is InChI=1S/C30H30N2O5/c1-7-37-29(34)22-12-14-24(15-13-22)32-21(5)27(30(35)36-6)25(28(32)33)17-23-16-19(3)31(20(23)4)26-11-9-8-10-18(26)2/h8-17H,7H2,1-6H3. The summed E-state index contributed by atoms with van der Waals surface area (Å²) in [5.74, 6) is -1.37. The molecule has 0 radical (unpaired) electrons. The van der Waals surface area contributed by atoms with Gasteiger partial charge in [-0.25, -0.2) is 9.59 Å². The maximum Gasteiger partial charge on any atom is 0.340 e. The molecule has 0 fully saturated rings. The van der Waals surface area contributed by atoms with Gasteiger partial charge in [0.2, 0.25) is 0 Å². The first-order valence-electron chi connectivity index (χ1n) is 12.1. The van der Waals surface area contributed by atoms with E-state index in [2.05, 4.69) is 23.6 Å². The summed E-state index contributed by atoms with van der Waals surface area (Å²) < 4.78 is 12.2. The van der Waals surface area contributed by atoms with E-state index in [4.69, 9.17) is 9.47 Å². The van der Waals surface area contributed by atoms with Crippen molar-refractivity contribution in [1.29, 1.82) is 0 Å². The summed E-state index contributed by atoms with van der Waals surface area (Å²) in [7, 11) is 1.30. The van der Waals surface area contributed by atoms with Gasteiger partial charge in [-0.15, -0.1) is 0 Å². The SMILES string of the molecule is CCOC(=O)c1ccc(N2C(=O)C(=Cc3cc(C)n(-c4ccccc4C)c3C)C(C(=O)OC)=C2C)cc1. The number of hydrogen-bond donors (Lipinski definition) is 0. The minimum Gasteiger partial charge on any atom is -0.465 e. The van der Waals surface area contributed by atoms with Gasteiger partial charge in [0.05, 0.1) is 30.4 Å². The summed E-state index contributed by atoms with van der Waals surface area (Å²) in [5, 5.41) is 0. The molecule has 1 aromatic heterocycles. The second kappa shape index (κ2) is 10.3. The van der Waals surface area contributed by atoms with E-state index >= 15 is 0 Å². The molecular formula is C30H30N2O5. The number of aromatic nitrogens is 1. The highest BCUT2D eigenvalue weighted by atomic mass is 16.5. The van der Waals surface area contributed by atoms with E-state index in [1.165, 1.54) is 12.0 Å². The summed E-state index contributed by atoms with van der Waals surface area (Å²) in [4.78, 5) is 40.0. The van der Waals surface area contributed by atoms with Crippen LogP contribution in [0.1, 0.15) is 46.7 Å². The fraction of sp³-hybridized carbons (Fsp3) is 0.233. The number of hydrogen-bond acceptors (Lipinski definition) is 5. The van der Waals surface area contributed by atoms with E-state index in [1.807, 2.05) is 32.0 Å². The van der Waals surface area contributed by atoms with Crippen LogP contribution >= 0.6 is 0 Å². The van der Waals surface area contributed by atoms with Crippen molar-refractivity contribution in [2.45, 2.75) is 34.6 Å². The number of amides is 1. The van der Waals surface area contributed by atoms with Gasteiger partial charge in [-0.3, -0.25) is 9.69 Å². The van der Waals surface area contributed by atoms with E-state index in [9.17, 15) is 14.4 Å². The first-order chi connectivity index (χ1) is 17.7. The average Bonchev–Trinajstić information content (AvgIpc) is 3.30. The normalized spacial score (nSPS) is 14.5. The molecule has 0 spiro atoms. The molecule has 3 aromatic rings. The molecule has 1 aliphatic heterocycles. The number of benzene rings is 2. The highest BCUT2D eigenvalue weighted by Crippen LogP contribution is 2.36. The lowest BCUT2D eigenvalue weighted by Gasteiger charge is -2.18. The van der Waals surface area contributed by atoms with Crippen molar-refractivity contribution in [3.05, 3.63) is 99.5 Å². The minimum atomic E-state index is -0.588. The Hall–Kier alpha value is -4.39. The lowest BCUT2D eigenvalue weighted by molar-refractivity contribution is -0.136. The number of esters is 2. The average molecular weight is 499 g/mol. The Labute approximate surface area is 216 Å². The van der Waals surface area contributed by atoms with Crippen LogP contribution in [0.5, 0.6) is 0 Å². The predicted octanol–water partition coefficient (Wildman–Crippen LogP) is 5.46. The van der Waals surface area contributed by atoms with Crippen LogP contribution in [0.2, 0.25) is 0 Å². The van der Waals surface area contributed by atoms with Crippen molar-refractivity contribution in [1.82, 2.24) is 4.57 Å². The van der Waals surface area contributed by atoms with Crippen molar-refractivity contribution in [2.75, 3.05) is 18.6 Å². The Morgan fingerprint density at radius 2 is 1.62 bits per heavy atom. The third-order valence-corrected chi connectivity index (χ3v) is 6.55. The summed E-state index contributed by atoms with van der Waals surface area (Å²) >= 11 is 0. The Morgan fingerprint density at radius 1 is 0.946 bits per heavy atom. The van der Waals surface area contributed by atoms with Crippen LogP contribution < -0.4 is 4.90 Å². The third-order valence-electron chi connectivity index (χ3n) is 6.55. The van der Waals surface area contributed by atoms with Gasteiger partial charge in [0, 0.05) is 28.5 Å². The molecule has 190 valence electrons. The van der Waals surface area contributed by atoms with Crippen LogP contribution in [0.15, 0.2) is 71.4 Å². The molecule has 0 saturated carbocycles. The van der Waals surface area contributed by atoms with Crippen LogP contribution in [0.3, 0.4) is 0 Å². The van der Waals surface area contributed by atoms with Crippen LogP contribution in [-0.2, 0) is 19.1 Å². The summed E-state index contributed by atoms with van der Waals surface area (Å²) in [5.41, 5.74) is 6.82. The Morgan fingerprint density at radius 3 is 2.24 bits per heavy atom. The first kappa shape index (κ1) is 25.7. The van der Waals surface area contributed by atoms with Crippen molar-refractivity contribution in [2.24, 2.45) is 0 Å². The Bertz CT molecular complexity index is 1460. The number of aryl methyl sites for hydroxylation is 2. The molecule has 7 nitrogen and oxygen atoms in total. The van der Waals surface area contributed by atoms with Crippen molar-refractivity contribution in [3.63, 3.8) is 0 Å². The largest absolute Gasteiger partial charge is 0.465 e. The van der Waals surface area contributed by atoms with Crippen molar-refractivity contribution in [3.8, 4) is 5.69 Å². The number of anilines is 1. The molecule has 0 bridgehead atoms. The van der Waals surface area contributed by atoms with Gasteiger partial charge in [-0.05, 0) is 88.2 Å². The molecule has 0 atom stereocenters. The zero-order chi connectivity index (χ0) is 26.9. The number of carbonyl (C=O) groups excluding carboxylic acids is 3. The number of methoxy groups -OCH3 is 1. The van der Waals surface area contributed by atoms with Gasteiger partial charge in [-0.2, -0.15) is 0 Å². The van der Waals surface area contributed by atoms with Crippen LogP contribution in [0.4, 0.5) is 5.69 Å². The molecular weight excluding hydrogens is 468 g/mol. The summed E-state index contributed by atoms with van der Waals surface area (Å²) in [6.45, 7) is 9.78. The molecule has 37 heavy (non-hydrogen) atoms. The van der Waals surface area contributed by atoms with E-state index in [0.29, 0.717) is 16.9 Å². The molecule has 1 aliphatic rings. The van der Waals surface area contributed by atoms with Gasteiger partial charge in [0.1, 0.15) is 0 Å². The van der Waals surface area contributed by atoms with Crippen molar-refractivity contribution >= 4 is 29.6 Å². The number of rotatable bonds is 6. The Balaban J connectivity index is 1.79. The second-order valence-electron chi connectivity index (χ2n) is 8.87. The van der Waals surface area contributed by atoms with E-state index in [0.717, 1.165) is 28.2 Å². The number of nitrogens with zero attached hydrogens (tertiary/aromatic N) is 2. The van der Waals surface area contributed by atoms with E-state index < -0.39 is 11.9 Å².